The van der Waals surface area contributed by atoms with E-state index in [1.165, 1.54) is 0 Å². The van der Waals surface area contributed by atoms with Crippen molar-refractivity contribution in [2.45, 2.75) is 18.8 Å². The molecule has 6 nitrogen and oxygen atoms in total. The lowest BCUT2D eigenvalue weighted by Crippen LogP contribution is -2.27. The molecule has 1 unspecified atom stereocenters. The molecule has 0 radical (unpaired) electrons. The number of ether oxygens (including phenoxy) is 2. The fraction of sp³-hybridized carbons (Fsp3) is 0.200. The molecule has 1 amide bonds. The topological polar surface area (TPSA) is 64.9 Å². The van der Waals surface area contributed by atoms with Crippen molar-refractivity contribution in [2.24, 2.45) is 0 Å². The van der Waals surface area contributed by atoms with Gasteiger partial charge in [0.1, 0.15) is 5.65 Å². The third-order valence-electron chi connectivity index (χ3n) is 5.72. The molecule has 4 aromatic rings. The van der Waals surface area contributed by atoms with Crippen LogP contribution in [-0.2, 0) is 11.2 Å². The van der Waals surface area contributed by atoms with Gasteiger partial charge in [-0.25, -0.2) is 4.98 Å². The SMILES string of the molecule is O=C(CC(c1ccc2c(c1)OCO2)c1cnc2ccccn12)NCCc1ccc(Cl)cc1Cl. The Balaban J connectivity index is 1.36. The fourth-order valence-electron chi connectivity index (χ4n) is 4.05. The van der Waals surface area contributed by atoms with Gasteiger partial charge in [-0.3, -0.25) is 4.79 Å². The molecule has 0 spiro atoms. The molecule has 1 aliphatic rings. The van der Waals surface area contributed by atoms with Crippen molar-refractivity contribution in [2.75, 3.05) is 13.3 Å². The Morgan fingerprint density at radius 2 is 1.97 bits per heavy atom. The maximum atomic E-state index is 13.0. The van der Waals surface area contributed by atoms with Crippen LogP contribution < -0.4 is 14.8 Å². The van der Waals surface area contributed by atoms with Crippen LogP contribution in [0.15, 0.2) is 67.0 Å². The fourth-order valence-corrected chi connectivity index (χ4v) is 4.55. The molecule has 1 atom stereocenters. The van der Waals surface area contributed by atoms with Crippen LogP contribution in [0.4, 0.5) is 0 Å². The molecule has 3 heterocycles. The summed E-state index contributed by atoms with van der Waals surface area (Å²) in [6.45, 7) is 0.675. The van der Waals surface area contributed by atoms with E-state index in [9.17, 15) is 4.79 Å². The van der Waals surface area contributed by atoms with Crippen molar-refractivity contribution in [3.8, 4) is 11.5 Å². The predicted octanol–water partition coefficient (Wildman–Crippen LogP) is 5.25. The highest BCUT2D eigenvalue weighted by molar-refractivity contribution is 6.35. The number of benzene rings is 2. The minimum Gasteiger partial charge on any atom is -0.454 e. The van der Waals surface area contributed by atoms with Gasteiger partial charge in [-0.2, -0.15) is 0 Å². The summed E-state index contributed by atoms with van der Waals surface area (Å²) in [6, 6.07) is 17.0. The number of imidazole rings is 1. The number of carbonyl (C=O) groups is 1. The molecule has 0 saturated carbocycles. The van der Waals surface area contributed by atoms with Crippen molar-refractivity contribution in [1.82, 2.24) is 14.7 Å². The lowest BCUT2D eigenvalue weighted by atomic mass is 9.92. The van der Waals surface area contributed by atoms with E-state index in [1.54, 1.807) is 12.1 Å². The first-order valence-corrected chi connectivity index (χ1v) is 11.4. The van der Waals surface area contributed by atoms with Gasteiger partial charge in [0.25, 0.3) is 0 Å². The molecular formula is C25H21Cl2N3O3. The first-order valence-electron chi connectivity index (χ1n) is 10.6. The summed E-state index contributed by atoms with van der Waals surface area (Å²) in [5.74, 6) is 1.12. The summed E-state index contributed by atoms with van der Waals surface area (Å²) < 4.78 is 13.0. The molecule has 8 heteroatoms. The maximum Gasteiger partial charge on any atom is 0.231 e. The molecule has 1 N–H and O–H groups in total. The lowest BCUT2D eigenvalue weighted by molar-refractivity contribution is -0.121. The van der Waals surface area contributed by atoms with Crippen LogP contribution >= 0.6 is 23.2 Å². The van der Waals surface area contributed by atoms with Gasteiger partial charge < -0.3 is 19.2 Å². The lowest BCUT2D eigenvalue weighted by Gasteiger charge is -2.18. The molecule has 33 heavy (non-hydrogen) atoms. The van der Waals surface area contributed by atoms with Crippen LogP contribution in [-0.4, -0.2) is 28.6 Å². The van der Waals surface area contributed by atoms with E-state index in [1.807, 2.05) is 59.3 Å². The largest absolute Gasteiger partial charge is 0.454 e. The number of aromatic nitrogens is 2. The first-order chi connectivity index (χ1) is 16.1. The summed E-state index contributed by atoms with van der Waals surface area (Å²) >= 11 is 12.2. The molecule has 0 saturated heterocycles. The van der Waals surface area contributed by atoms with Crippen molar-refractivity contribution >= 4 is 34.8 Å². The Morgan fingerprint density at radius 1 is 1.09 bits per heavy atom. The van der Waals surface area contributed by atoms with E-state index >= 15 is 0 Å². The Bertz CT molecular complexity index is 1320. The Kier molecular flexibility index (Phi) is 6.11. The number of nitrogens with zero attached hydrogens (tertiary/aromatic N) is 2. The minimum absolute atomic E-state index is 0.0615. The summed E-state index contributed by atoms with van der Waals surface area (Å²) in [6.07, 6.45) is 4.66. The van der Waals surface area contributed by atoms with E-state index in [0.29, 0.717) is 34.5 Å². The van der Waals surface area contributed by atoms with E-state index in [4.69, 9.17) is 32.7 Å². The van der Waals surface area contributed by atoms with E-state index in [-0.39, 0.29) is 25.0 Å². The van der Waals surface area contributed by atoms with E-state index in [0.717, 1.165) is 22.5 Å². The zero-order valence-electron chi connectivity index (χ0n) is 17.6. The molecular weight excluding hydrogens is 461 g/mol. The Hall–Kier alpha value is -3.22. The van der Waals surface area contributed by atoms with Gasteiger partial charge in [0.2, 0.25) is 12.7 Å². The third-order valence-corrected chi connectivity index (χ3v) is 6.31. The standard InChI is InChI=1S/C25H21Cl2N3O3/c26-18-6-4-16(20(27)12-18)8-9-28-25(31)13-19(17-5-7-22-23(11-17)33-15-32-22)21-14-29-24-3-1-2-10-30(21)24/h1-7,10-12,14,19H,8-9,13,15H2,(H,28,31). The van der Waals surface area contributed by atoms with E-state index in [2.05, 4.69) is 10.3 Å². The summed E-state index contributed by atoms with van der Waals surface area (Å²) in [5, 5.41) is 4.21. The molecule has 0 fully saturated rings. The van der Waals surface area contributed by atoms with E-state index < -0.39 is 0 Å². The maximum absolute atomic E-state index is 13.0. The average molecular weight is 482 g/mol. The minimum atomic E-state index is -0.212. The van der Waals surface area contributed by atoms with Crippen LogP contribution in [0.3, 0.4) is 0 Å². The summed E-state index contributed by atoms with van der Waals surface area (Å²) in [4.78, 5) is 17.5. The van der Waals surface area contributed by atoms with Crippen LogP contribution in [0.2, 0.25) is 10.0 Å². The van der Waals surface area contributed by atoms with Crippen molar-refractivity contribution in [3.63, 3.8) is 0 Å². The van der Waals surface area contributed by atoms with Crippen molar-refractivity contribution < 1.29 is 14.3 Å². The third kappa shape index (κ3) is 4.63. The Labute approximate surface area is 201 Å². The van der Waals surface area contributed by atoms with Crippen LogP contribution in [0.1, 0.15) is 29.2 Å². The van der Waals surface area contributed by atoms with Gasteiger partial charge in [0, 0.05) is 41.3 Å². The zero-order valence-corrected chi connectivity index (χ0v) is 19.1. The molecule has 0 bridgehead atoms. The monoisotopic (exact) mass is 481 g/mol. The number of nitrogens with one attached hydrogen (secondary N) is 1. The molecule has 0 aliphatic carbocycles. The number of rotatable bonds is 7. The number of hydrogen-bond acceptors (Lipinski definition) is 4. The second-order valence-electron chi connectivity index (χ2n) is 7.82. The van der Waals surface area contributed by atoms with Gasteiger partial charge >= 0.3 is 0 Å². The van der Waals surface area contributed by atoms with Gasteiger partial charge in [0.15, 0.2) is 11.5 Å². The van der Waals surface area contributed by atoms with Gasteiger partial charge in [-0.15, -0.1) is 0 Å². The molecule has 1 aliphatic heterocycles. The first kappa shape index (κ1) is 21.6. The van der Waals surface area contributed by atoms with Crippen molar-refractivity contribution in [1.29, 1.82) is 0 Å². The van der Waals surface area contributed by atoms with Crippen molar-refractivity contribution in [3.05, 3.63) is 93.9 Å². The van der Waals surface area contributed by atoms with Gasteiger partial charge in [-0.1, -0.05) is 41.4 Å². The highest BCUT2D eigenvalue weighted by Crippen LogP contribution is 2.37. The number of halogens is 2. The quantitative estimate of drug-likeness (QED) is 0.391. The number of carbonyl (C=O) groups excluding carboxylic acids is 1. The number of fused-ring (bicyclic) bond motifs is 2. The molecule has 2 aromatic heterocycles. The Morgan fingerprint density at radius 3 is 2.85 bits per heavy atom. The summed E-state index contributed by atoms with van der Waals surface area (Å²) in [5.41, 5.74) is 3.66. The van der Waals surface area contributed by atoms with Gasteiger partial charge in [0.05, 0.1) is 5.69 Å². The average Bonchev–Trinajstić information content (AvgIpc) is 3.45. The number of hydrogen-bond donors (Lipinski definition) is 1. The van der Waals surface area contributed by atoms with Crippen LogP contribution in [0.5, 0.6) is 11.5 Å². The molecule has 168 valence electrons. The smallest absolute Gasteiger partial charge is 0.231 e. The number of amides is 1. The molecule has 5 rings (SSSR count). The highest BCUT2D eigenvalue weighted by Gasteiger charge is 2.24. The second-order valence-corrected chi connectivity index (χ2v) is 8.66. The second kappa shape index (κ2) is 9.33. The normalized spacial score (nSPS) is 13.3. The summed E-state index contributed by atoms with van der Waals surface area (Å²) in [7, 11) is 0. The molecule has 2 aromatic carbocycles. The van der Waals surface area contributed by atoms with Crippen LogP contribution in [0, 0.1) is 0 Å². The highest BCUT2D eigenvalue weighted by atomic mass is 35.5. The zero-order chi connectivity index (χ0) is 22.8. The predicted molar refractivity (Wildman–Crippen MR) is 127 cm³/mol. The van der Waals surface area contributed by atoms with Gasteiger partial charge in [-0.05, 0) is 53.9 Å². The van der Waals surface area contributed by atoms with Crippen LogP contribution in [0.25, 0.3) is 5.65 Å². The number of pyridine rings is 1.